The smallest absolute Gasteiger partial charge is 0.323 e. The molecule has 2 saturated carbocycles. The van der Waals surface area contributed by atoms with Crippen molar-refractivity contribution in [3.8, 4) is 0 Å². The molecule has 1 saturated heterocycles. The lowest BCUT2D eigenvalue weighted by Crippen LogP contribution is -2.38. The SMILES string of the molecule is O=C(OC1CCCCCC1)C1NCC2CCCC21. The molecule has 0 aromatic heterocycles. The van der Waals surface area contributed by atoms with Crippen LogP contribution in [-0.2, 0) is 9.53 Å². The quantitative estimate of drug-likeness (QED) is 0.605. The van der Waals surface area contributed by atoms with Crippen LogP contribution in [0.1, 0.15) is 57.8 Å². The number of hydrogen-bond donors (Lipinski definition) is 1. The summed E-state index contributed by atoms with van der Waals surface area (Å²) >= 11 is 0. The molecule has 1 N–H and O–H groups in total. The Labute approximate surface area is 110 Å². The fraction of sp³-hybridized carbons (Fsp3) is 0.933. The van der Waals surface area contributed by atoms with Gasteiger partial charge in [0.25, 0.3) is 0 Å². The lowest BCUT2D eigenvalue weighted by atomic mass is 9.94. The molecule has 3 unspecified atom stereocenters. The summed E-state index contributed by atoms with van der Waals surface area (Å²) in [4.78, 5) is 12.3. The third-order valence-corrected chi connectivity index (χ3v) is 5.08. The molecule has 3 atom stereocenters. The van der Waals surface area contributed by atoms with E-state index in [-0.39, 0.29) is 18.1 Å². The van der Waals surface area contributed by atoms with E-state index in [0.29, 0.717) is 5.92 Å². The van der Waals surface area contributed by atoms with Crippen molar-refractivity contribution in [1.82, 2.24) is 5.32 Å². The minimum Gasteiger partial charge on any atom is -0.461 e. The van der Waals surface area contributed by atoms with Gasteiger partial charge in [-0.3, -0.25) is 4.79 Å². The van der Waals surface area contributed by atoms with Crippen LogP contribution in [0.25, 0.3) is 0 Å². The zero-order valence-corrected chi connectivity index (χ0v) is 11.2. The highest BCUT2D eigenvalue weighted by Gasteiger charge is 2.43. The summed E-state index contributed by atoms with van der Waals surface area (Å²) in [5, 5.41) is 3.39. The molecule has 18 heavy (non-hydrogen) atoms. The van der Waals surface area contributed by atoms with E-state index in [9.17, 15) is 4.79 Å². The Bertz CT molecular complexity index is 297. The number of ether oxygens (including phenoxy) is 1. The van der Waals surface area contributed by atoms with Crippen molar-refractivity contribution in [1.29, 1.82) is 0 Å². The van der Waals surface area contributed by atoms with Crippen LogP contribution >= 0.6 is 0 Å². The molecule has 0 amide bonds. The predicted octanol–water partition coefficient (Wildman–Crippen LogP) is 2.64. The molecule has 3 rings (SSSR count). The van der Waals surface area contributed by atoms with Crippen LogP contribution in [0.4, 0.5) is 0 Å². The van der Waals surface area contributed by atoms with E-state index in [0.717, 1.165) is 25.3 Å². The molecule has 0 aromatic carbocycles. The summed E-state index contributed by atoms with van der Waals surface area (Å²) in [6.45, 7) is 1.02. The van der Waals surface area contributed by atoms with E-state index in [1.54, 1.807) is 0 Å². The standard InChI is InChI=1S/C15H25NO2/c17-15(18-12-7-3-1-2-4-8-12)14-13-9-5-6-11(13)10-16-14/h11-14,16H,1-10H2. The van der Waals surface area contributed by atoms with Gasteiger partial charge in [0.1, 0.15) is 12.1 Å². The summed E-state index contributed by atoms with van der Waals surface area (Å²) in [7, 11) is 0. The summed E-state index contributed by atoms with van der Waals surface area (Å²) in [6, 6.07) is 0.000697. The van der Waals surface area contributed by atoms with Gasteiger partial charge in [0.2, 0.25) is 0 Å². The molecule has 3 nitrogen and oxygen atoms in total. The van der Waals surface area contributed by atoms with Gasteiger partial charge >= 0.3 is 5.97 Å². The average molecular weight is 251 g/mol. The van der Waals surface area contributed by atoms with Crippen LogP contribution in [-0.4, -0.2) is 24.7 Å². The Morgan fingerprint density at radius 1 is 0.944 bits per heavy atom. The zero-order chi connectivity index (χ0) is 12.4. The van der Waals surface area contributed by atoms with E-state index in [1.165, 1.54) is 44.9 Å². The molecular formula is C15H25NO2. The van der Waals surface area contributed by atoms with Crippen molar-refractivity contribution in [2.24, 2.45) is 11.8 Å². The number of carbonyl (C=O) groups is 1. The van der Waals surface area contributed by atoms with Crippen LogP contribution in [0, 0.1) is 11.8 Å². The highest BCUT2D eigenvalue weighted by Crippen LogP contribution is 2.38. The first-order valence-electron chi connectivity index (χ1n) is 7.78. The van der Waals surface area contributed by atoms with Crippen molar-refractivity contribution in [3.05, 3.63) is 0 Å². The lowest BCUT2D eigenvalue weighted by Gasteiger charge is -2.21. The van der Waals surface area contributed by atoms with Gasteiger partial charge in [-0.15, -0.1) is 0 Å². The second-order valence-electron chi connectivity index (χ2n) is 6.29. The molecular weight excluding hydrogens is 226 g/mol. The normalized spacial score (nSPS) is 37.2. The monoisotopic (exact) mass is 251 g/mol. The molecule has 1 aliphatic heterocycles. The molecule has 102 valence electrons. The second kappa shape index (κ2) is 5.60. The first kappa shape index (κ1) is 12.5. The second-order valence-corrected chi connectivity index (χ2v) is 6.29. The number of esters is 1. The van der Waals surface area contributed by atoms with Gasteiger partial charge in [0.05, 0.1) is 0 Å². The van der Waals surface area contributed by atoms with Crippen molar-refractivity contribution >= 4 is 5.97 Å². The van der Waals surface area contributed by atoms with E-state index in [2.05, 4.69) is 5.32 Å². The largest absolute Gasteiger partial charge is 0.461 e. The first-order chi connectivity index (χ1) is 8.84. The van der Waals surface area contributed by atoms with Crippen molar-refractivity contribution < 1.29 is 9.53 Å². The van der Waals surface area contributed by atoms with Gasteiger partial charge in [-0.2, -0.15) is 0 Å². The maximum Gasteiger partial charge on any atom is 0.323 e. The van der Waals surface area contributed by atoms with Crippen molar-refractivity contribution in [2.45, 2.75) is 69.9 Å². The molecule has 1 heterocycles. The molecule has 3 heteroatoms. The molecule has 3 aliphatic rings. The summed E-state index contributed by atoms with van der Waals surface area (Å²) in [5.74, 6) is 1.33. The maximum absolute atomic E-state index is 12.3. The molecule has 0 radical (unpaired) electrons. The van der Waals surface area contributed by atoms with E-state index < -0.39 is 0 Å². The van der Waals surface area contributed by atoms with Crippen molar-refractivity contribution in [2.75, 3.05) is 6.54 Å². The van der Waals surface area contributed by atoms with Crippen LogP contribution in [0.2, 0.25) is 0 Å². The third-order valence-electron chi connectivity index (χ3n) is 5.08. The number of fused-ring (bicyclic) bond motifs is 1. The number of hydrogen-bond acceptors (Lipinski definition) is 3. The van der Waals surface area contributed by atoms with E-state index >= 15 is 0 Å². The van der Waals surface area contributed by atoms with Crippen LogP contribution in [0.3, 0.4) is 0 Å². The number of carbonyl (C=O) groups excluding carboxylic acids is 1. The van der Waals surface area contributed by atoms with Crippen LogP contribution in [0.15, 0.2) is 0 Å². The van der Waals surface area contributed by atoms with Gasteiger partial charge in [0.15, 0.2) is 0 Å². The Hall–Kier alpha value is -0.570. The number of nitrogens with one attached hydrogen (secondary N) is 1. The van der Waals surface area contributed by atoms with Gasteiger partial charge in [-0.1, -0.05) is 19.3 Å². The van der Waals surface area contributed by atoms with E-state index in [4.69, 9.17) is 4.74 Å². The van der Waals surface area contributed by atoms with Gasteiger partial charge in [-0.25, -0.2) is 0 Å². The van der Waals surface area contributed by atoms with E-state index in [1.807, 2.05) is 0 Å². The van der Waals surface area contributed by atoms with Crippen molar-refractivity contribution in [3.63, 3.8) is 0 Å². The lowest BCUT2D eigenvalue weighted by molar-refractivity contribution is -0.153. The minimum atomic E-state index is 0.000697. The molecule has 0 aromatic rings. The topological polar surface area (TPSA) is 38.3 Å². The zero-order valence-electron chi connectivity index (χ0n) is 11.2. The average Bonchev–Trinajstić information content (AvgIpc) is 2.87. The summed E-state index contributed by atoms with van der Waals surface area (Å²) in [6.07, 6.45) is 11.2. The highest BCUT2D eigenvalue weighted by atomic mass is 16.5. The Morgan fingerprint density at radius 3 is 2.50 bits per heavy atom. The molecule has 0 spiro atoms. The fourth-order valence-corrected chi connectivity index (χ4v) is 4.04. The van der Waals surface area contributed by atoms with Crippen LogP contribution in [0.5, 0.6) is 0 Å². The Kier molecular flexibility index (Phi) is 3.88. The van der Waals surface area contributed by atoms with Gasteiger partial charge in [0, 0.05) is 0 Å². The fourth-order valence-electron chi connectivity index (χ4n) is 4.04. The first-order valence-corrected chi connectivity index (χ1v) is 7.78. The highest BCUT2D eigenvalue weighted by molar-refractivity contribution is 5.77. The summed E-state index contributed by atoms with van der Waals surface area (Å²) in [5.41, 5.74) is 0. The Morgan fingerprint density at radius 2 is 1.72 bits per heavy atom. The minimum absolute atomic E-state index is 0.000697. The molecule has 0 bridgehead atoms. The molecule has 3 fully saturated rings. The van der Waals surface area contributed by atoms with Gasteiger partial charge in [-0.05, 0) is 56.9 Å². The van der Waals surface area contributed by atoms with Crippen LogP contribution < -0.4 is 5.32 Å². The molecule has 2 aliphatic carbocycles. The summed E-state index contributed by atoms with van der Waals surface area (Å²) < 4.78 is 5.76. The Balaban J connectivity index is 1.54. The maximum atomic E-state index is 12.3. The predicted molar refractivity (Wildman–Crippen MR) is 70.2 cm³/mol. The third kappa shape index (κ3) is 2.56. The van der Waals surface area contributed by atoms with Gasteiger partial charge < -0.3 is 10.1 Å². The number of rotatable bonds is 2.